The third kappa shape index (κ3) is 7.07. The van der Waals surface area contributed by atoms with Crippen LogP contribution < -0.4 is 0 Å². The van der Waals surface area contributed by atoms with E-state index in [2.05, 4.69) is 38.9 Å². The highest BCUT2D eigenvalue weighted by Crippen LogP contribution is 2.27. The number of likely N-dealkylation sites (N-methyl/N-ethyl adjacent to an activating group) is 1. The third-order valence-corrected chi connectivity index (χ3v) is 3.38. The molecule has 0 aliphatic rings. The van der Waals surface area contributed by atoms with Gasteiger partial charge in [0, 0.05) is 10.8 Å². The second-order valence-corrected chi connectivity index (χ2v) is 5.52. The summed E-state index contributed by atoms with van der Waals surface area (Å²) in [6.07, 6.45) is 2.31. The number of nitrogens with zero attached hydrogens (tertiary/aromatic N) is 1. The zero-order valence-electron chi connectivity index (χ0n) is 8.46. The van der Waals surface area contributed by atoms with Crippen molar-refractivity contribution < 1.29 is 0 Å². The van der Waals surface area contributed by atoms with Gasteiger partial charge in [0.1, 0.15) is 0 Å². The van der Waals surface area contributed by atoms with Crippen LogP contribution in [0.25, 0.3) is 0 Å². The van der Waals surface area contributed by atoms with Crippen molar-refractivity contribution in [1.82, 2.24) is 4.90 Å². The molecule has 0 atom stereocenters. The molecule has 0 saturated heterocycles. The molecule has 1 nitrogen and oxygen atoms in total. The van der Waals surface area contributed by atoms with Crippen LogP contribution in [0.1, 0.15) is 13.8 Å². The van der Waals surface area contributed by atoms with E-state index in [1.165, 1.54) is 15.7 Å². The van der Waals surface area contributed by atoms with E-state index in [-0.39, 0.29) is 0 Å². The van der Waals surface area contributed by atoms with Crippen LogP contribution >= 0.6 is 23.5 Å². The van der Waals surface area contributed by atoms with Crippen molar-refractivity contribution in [3.8, 4) is 0 Å². The number of thioether (sulfide) groups is 2. The molecule has 0 aromatic carbocycles. The van der Waals surface area contributed by atoms with Gasteiger partial charge in [0.15, 0.2) is 0 Å². The summed E-state index contributed by atoms with van der Waals surface area (Å²) >= 11 is 3.88. The van der Waals surface area contributed by atoms with Crippen LogP contribution in [-0.2, 0) is 0 Å². The Morgan fingerprint density at radius 2 is 1.67 bits per heavy atom. The fourth-order valence-corrected chi connectivity index (χ4v) is 2.70. The van der Waals surface area contributed by atoms with Crippen molar-refractivity contribution in [2.75, 3.05) is 32.1 Å². The molecule has 0 heterocycles. The van der Waals surface area contributed by atoms with Crippen LogP contribution in [0.3, 0.4) is 0 Å². The molecule has 0 aliphatic heterocycles. The van der Waals surface area contributed by atoms with E-state index >= 15 is 0 Å². The Morgan fingerprint density at radius 3 is 2.00 bits per heavy atom. The highest BCUT2D eigenvalue weighted by atomic mass is 32.2. The van der Waals surface area contributed by atoms with Crippen molar-refractivity contribution >= 4 is 23.5 Å². The average molecular weight is 205 g/mol. The second kappa shape index (κ2) is 8.02. The average Bonchev–Trinajstić information content (AvgIpc) is 2.01. The van der Waals surface area contributed by atoms with Gasteiger partial charge >= 0.3 is 0 Å². The molecule has 0 saturated carbocycles. The van der Waals surface area contributed by atoms with Crippen molar-refractivity contribution in [3.05, 3.63) is 10.3 Å². The molecule has 0 aromatic rings. The number of rotatable bonds is 6. The predicted octanol–water partition coefficient (Wildman–Crippen LogP) is 2.90. The molecule has 12 heavy (non-hydrogen) atoms. The van der Waals surface area contributed by atoms with Gasteiger partial charge in [-0.3, -0.25) is 0 Å². The normalized spacial score (nSPS) is 10.4. The summed E-state index contributed by atoms with van der Waals surface area (Å²) in [6, 6.07) is 0. The van der Waals surface area contributed by atoms with Gasteiger partial charge in [-0.2, -0.15) is 0 Å². The molecular formula is C9H19NS2. The van der Waals surface area contributed by atoms with E-state index < -0.39 is 0 Å². The minimum Gasteiger partial charge on any atom is -0.306 e. The highest BCUT2D eigenvalue weighted by molar-refractivity contribution is 8.22. The first kappa shape index (κ1) is 12.4. The minimum atomic E-state index is 1.05. The van der Waals surface area contributed by atoms with Crippen LogP contribution in [0.4, 0.5) is 0 Å². The zero-order valence-corrected chi connectivity index (χ0v) is 10.1. The first-order chi connectivity index (χ1) is 5.70. The Balaban J connectivity index is 3.81. The van der Waals surface area contributed by atoms with Gasteiger partial charge in [-0.05, 0) is 25.6 Å². The molecule has 0 radical (unpaired) electrons. The minimum absolute atomic E-state index is 1.05. The maximum atomic E-state index is 2.31. The molecular weight excluding hydrogens is 186 g/mol. The lowest BCUT2D eigenvalue weighted by Crippen LogP contribution is -2.10. The molecule has 0 amide bonds. The molecule has 0 rings (SSSR count). The van der Waals surface area contributed by atoms with Crippen LogP contribution in [0, 0.1) is 0 Å². The summed E-state index contributed by atoms with van der Waals surface area (Å²) in [5.74, 6) is 2.35. The van der Waals surface area contributed by atoms with E-state index in [9.17, 15) is 0 Å². The standard InChI is InChI=1S/C9H19NS2/c1-5-11-9(12-6-2)7-8-10(3)4/h7H,5-6,8H2,1-4H3. The summed E-state index contributed by atoms with van der Waals surface area (Å²) in [5, 5.41) is 0. The highest BCUT2D eigenvalue weighted by Gasteiger charge is 1.95. The van der Waals surface area contributed by atoms with Gasteiger partial charge in [0.25, 0.3) is 0 Å². The Bertz CT molecular complexity index is 124. The maximum absolute atomic E-state index is 2.31. The summed E-state index contributed by atoms with van der Waals surface area (Å²) in [7, 11) is 4.20. The van der Waals surface area contributed by atoms with Gasteiger partial charge in [0.05, 0.1) is 0 Å². The molecule has 0 bridgehead atoms. The number of hydrogen-bond donors (Lipinski definition) is 0. The Morgan fingerprint density at radius 1 is 1.17 bits per heavy atom. The monoisotopic (exact) mass is 205 g/mol. The summed E-state index contributed by atoms with van der Waals surface area (Å²) in [6.45, 7) is 5.45. The van der Waals surface area contributed by atoms with Gasteiger partial charge in [-0.25, -0.2) is 0 Å². The molecule has 0 unspecified atom stereocenters. The predicted molar refractivity (Wildman–Crippen MR) is 62.9 cm³/mol. The SMILES string of the molecule is CCSC(=CCN(C)C)SCC. The van der Waals surface area contributed by atoms with E-state index in [0.29, 0.717) is 0 Å². The van der Waals surface area contributed by atoms with Crippen molar-refractivity contribution in [2.45, 2.75) is 13.8 Å². The second-order valence-electron chi connectivity index (χ2n) is 2.65. The fraction of sp³-hybridized carbons (Fsp3) is 0.778. The first-order valence-electron chi connectivity index (χ1n) is 4.31. The molecule has 0 aromatic heterocycles. The molecule has 72 valence electrons. The van der Waals surface area contributed by atoms with Crippen LogP contribution in [0.2, 0.25) is 0 Å². The number of hydrogen-bond acceptors (Lipinski definition) is 3. The summed E-state index contributed by atoms with van der Waals surface area (Å²) in [4.78, 5) is 2.19. The quantitative estimate of drug-likeness (QED) is 0.656. The van der Waals surface area contributed by atoms with Crippen molar-refractivity contribution in [1.29, 1.82) is 0 Å². The Kier molecular flexibility index (Phi) is 8.29. The van der Waals surface area contributed by atoms with Gasteiger partial charge < -0.3 is 4.90 Å². The lowest BCUT2D eigenvalue weighted by Gasteiger charge is -2.07. The van der Waals surface area contributed by atoms with Crippen LogP contribution in [0.15, 0.2) is 10.3 Å². The Hall–Kier alpha value is 0.400. The van der Waals surface area contributed by atoms with E-state index in [1.54, 1.807) is 0 Å². The first-order valence-corrected chi connectivity index (χ1v) is 6.28. The van der Waals surface area contributed by atoms with Gasteiger partial charge in [0.2, 0.25) is 0 Å². The van der Waals surface area contributed by atoms with E-state index in [4.69, 9.17) is 0 Å². The van der Waals surface area contributed by atoms with Crippen LogP contribution in [-0.4, -0.2) is 37.0 Å². The molecule has 3 heteroatoms. The van der Waals surface area contributed by atoms with Crippen molar-refractivity contribution in [3.63, 3.8) is 0 Å². The van der Waals surface area contributed by atoms with Crippen molar-refractivity contribution in [2.24, 2.45) is 0 Å². The lowest BCUT2D eigenvalue weighted by atomic mass is 10.6. The zero-order chi connectivity index (χ0) is 9.40. The molecule has 0 fully saturated rings. The fourth-order valence-electron chi connectivity index (χ4n) is 0.701. The molecule has 0 spiro atoms. The lowest BCUT2D eigenvalue weighted by molar-refractivity contribution is 0.456. The molecule has 0 N–H and O–H groups in total. The van der Waals surface area contributed by atoms with E-state index in [0.717, 1.165) is 6.54 Å². The largest absolute Gasteiger partial charge is 0.306 e. The van der Waals surface area contributed by atoms with Crippen LogP contribution in [0.5, 0.6) is 0 Å². The van der Waals surface area contributed by atoms with Gasteiger partial charge in [-0.1, -0.05) is 19.9 Å². The molecule has 0 aliphatic carbocycles. The summed E-state index contributed by atoms with van der Waals surface area (Å²) in [5.41, 5.74) is 0. The third-order valence-electron chi connectivity index (χ3n) is 1.20. The van der Waals surface area contributed by atoms with E-state index in [1.807, 2.05) is 23.5 Å². The Labute approximate surface area is 85.0 Å². The van der Waals surface area contributed by atoms with Gasteiger partial charge in [-0.15, -0.1) is 23.5 Å². The maximum Gasteiger partial charge on any atom is 0.0373 e. The smallest absolute Gasteiger partial charge is 0.0373 e. The topological polar surface area (TPSA) is 3.24 Å². The summed E-state index contributed by atoms with van der Waals surface area (Å²) < 4.78 is 1.47.